The van der Waals surface area contributed by atoms with Crippen LogP contribution in [-0.4, -0.2) is 24.3 Å². The van der Waals surface area contributed by atoms with E-state index in [1.165, 1.54) is 0 Å². The van der Waals surface area contributed by atoms with Crippen molar-refractivity contribution >= 4 is 0 Å². The van der Waals surface area contributed by atoms with Crippen LogP contribution in [0.4, 0.5) is 0 Å². The van der Waals surface area contributed by atoms with Crippen LogP contribution in [0.3, 0.4) is 0 Å². The van der Waals surface area contributed by atoms with Gasteiger partial charge in [-0.15, -0.1) is 0 Å². The lowest BCUT2D eigenvalue weighted by Crippen LogP contribution is -2.27. The number of hydrogen-bond donors (Lipinski definition) is 2. The molecular weight excluding hydrogens is 138 g/mol. The van der Waals surface area contributed by atoms with Crippen molar-refractivity contribution in [2.75, 3.05) is 13.1 Å². The molecule has 2 N–H and O–H groups in total. The van der Waals surface area contributed by atoms with Crippen molar-refractivity contribution < 1.29 is 5.11 Å². The number of nitrogens with one attached hydrogen (secondary N) is 1. The van der Waals surface area contributed by atoms with Gasteiger partial charge in [0.05, 0.1) is 6.10 Å². The maximum atomic E-state index is 8.92. The molecule has 0 aromatic rings. The van der Waals surface area contributed by atoms with Crippen LogP contribution >= 0.6 is 0 Å². The van der Waals surface area contributed by atoms with Crippen LogP contribution < -0.4 is 5.32 Å². The van der Waals surface area contributed by atoms with Gasteiger partial charge in [-0.3, -0.25) is 0 Å². The second-order valence-corrected chi connectivity index (χ2v) is 4.36. The van der Waals surface area contributed by atoms with Crippen molar-refractivity contribution in [3.05, 3.63) is 0 Å². The molecule has 1 unspecified atom stereocenters. The molecule has 0 aromatic carbocycles. The summed E-state index contributed by atoms with van der Waals surface area (Å²) in [5, 5.41) is 12.1. The van der Waals surface area contributed by atoms with Crippen molar-refractivity contribution in [3.8, 4) is 0 Å². The normalized spacial score (nSPS) is 15.0. The van der Waals surface area contributed by atoms with Crippen molar-refractivity contribution in [3.63, 3.8) is 0 Å². The molecule has 0 amide bonds. The molecule has 0 fully saturated rings. The maximum Gasteiger partial charge on any atom is 0.0636 e. The molecular formula is C9H21NO. The van der Waals surface area contributed by atoms with Gasteiger partial charge in [-0.1, -0.05) is 20.8 Å². The highest BCUT2D eigenvalue weighted by atomic mass is 16.3. The molecule has 0 saturated carbocycles. The lowest BCUT2D eigenvalue weighted by atomic mass is 9.92. The fraction of sp³-hybridized carbons (Fsp3) is 1.00. The number of hydrogen-bond acceptors (Lipinski definition) is 2. The zero-order valence-electron chi connectivity index (χ0n) is 8.15. The first-order chi connectivity index (χ1) is 4.92. The van der Waals surface area contributed by atoms with E-state index in [1.807, 2.05) is 0 Å². The third-order valence-corrected chi connectivity index (χ3v) is 1.49. The van der Waals surface area contributed by atoms with Gasteiger partial charge in [0.25, 0.3) is 0 Å². The second-order valence-electron chi connectivity index (χ2n) is 4.36. The van der Waals surface area contributed by atoms with Gasteiger partial charge < -0.3 is 10.4 Å². The summed E-state index contributed by atoms with van der Waals surface area (Å²) >= 11 is 0. The Morgan fingerprint density at radius 3 is 2.27 bits per heavy atom. The van der Waals surface area contributed by atoms with E-state index in [0.717, 1.165) is 13.0 Å². The Kier molecular flexibility index (Phi) is 4.69. The van der Waals surface area contributed by atoms with Crippen LogP contribution in [0.25, 0.3) is 0 Å². The van der Waals surface area contributed by atoms with Crippen LogP contribution in [-0.2, 0) is 0 Å². The molecule has 11 heavy (non-hydrogen) atoms. The molecule has 68 valence electrons. The molecule has 0 heterocycles. The monoisotopic (exact) mass is 159 g/mol. The third kappa shape index (κ3) is 9.92. The number of aliphatic hydroxyl groups excluding tert-OH is 1. The van der Waals surface area contributed by atoms with E-state index in [1.54, 1.807) is 6.92 Å². The Bertz CT molecular complexity index is 94.2. The van der Waals surface area contributed by atoms with Gasteiger partial charge >= 0.3 is 0 Å². The highest BCUT2D eigenvalue weighted by Crippen LogP contribution is 2.16. The van der Waals surface area contributed by atoms with Crippen LogP contribution in [0.5, 0.6) is 0 Å². The minimum Gasteiger partial charge on any atom is -0.392 e. The van der Waals surface area contributed by atoms with Gasteiger partial charge in [0, 0.05) is 6.54 Å². The van der Waals surface area contributed by atoms with Crippen molar-refractivity contribution in [1.29, 1.82) is 0 Å². The first-order valence-corrected chi connectivity index (χ1v) is 4.30. The van der Waals surface area contributed by atoms with Crippen LogP contribution in [0, 0.1) is 5.41 Å². The zero-order valence-corrected chi connectivity index (χ0v) is 8.15. The van der Waals surface area contributed by atoms with Gasteiger partial charge in [0.2, 0.25) is 0 Å². The van der Waals surface area contributed by atoms with E-state index < -0.39 is 0 Å². The van der Waals surface area contributed by atoms with E-state index in [9.17, 15) is 0 Å². The van der Waals surface area contributed by atoms with Crippen LogP contribution in [0.2, 0.25) is 0 Å². The summed E-state index contributed by atoms with van der Waals surface area (Å²) in [5.41, 5.74) is 0.395. The summed E-state index contributed by atoms with van der Waals surface area (Å²) in [7, 11) is 0. The molecule has 0 aliphatic carbocycles. The summed E-state index contributed by atoms with van der Waals surface area (Å²) in [5.74, 6) is 0. The summed E-state index contributed by atoms with van der Waals surface area (Å²) in [6, 6.07) is 0. The highest BCUT2D eigenvalue weighted by molar-refractivity contribution is 4.63. The molecule has 0 aliphatic heterocycles. The average Bonchev–Trinajstić information content (AvgIpc) is 1.78. The zero-order chi connectivity index (χ0) is 8.91. The smallest absolute Gasteiger partial charge is 0.0636 e. The molecule has 0 aliphatic rings. The number of aliphatic hydroxyl groups is 1. The first-order valence-electron chi connectivity index (χ1n) is 4.30. The first kappa shape index (κ1) is 10.9. The van der Waals surface area contributed by atoms with Crippen LogP contribution in [0.15, 0.2) is 0 Å². The Morgan fingerprint density at radius 1 is 1.36 bits per heavy atom. The molecule has 0 radical (unpaired) electrons. The largest absolute Gasteiger partial charge is 0.392 e. The van der Waals surface area contributed by atoms with E-state index >= 15 is 0 Å². The summed E-state index contributed by atoms with van der Waals surface area (Å²) in [6.07, 6.45) is 0.926. The minimum absolute atomic E-state index is 0.227. The Labute approximate surface area is 70.0 Å². The van der Waals surface area contributed by atoms with Crippen molar-refractivity contribution in [2.45, 2.75) is 40.2 Å². The van der Waals surface area contributed by atoms with Gasteiger partial charge in [0.1, 0.15) is 0 Å². The average molecular weight is 159 g/mol. The van der Waals surface area contributed by atoms with Gasteiger partial charge in [0.15, 0.2) is 0 Å². The van der Waals surface area contributed by atoms with Gasteiger partial charge in [-0.25, -0.2) is 0 Å². The van der Waals surface area contributed by atoms with E-state index in [-0.39, 0.29) is 6.10 Å². The van der Waals surface area contributed by atoms with E-state index in [4.69, 9.17) is 5.11 Å². The third-order valence-electron chi connectivity index (χ3n) is 1.49. The van der Waals surface area contributed by atoms with Gasteiger partial charge in [-0.05, 0) is 25.3 Å². The Balaban J connectivity index is 3.15. The molecule has 0 rings (SSSR count). The molecule has 0 aromatic heterocycles. The van der Waals surface area contributed by atoms with Crippen LogP contribution in [0.1, 0.15) is 34.1 Å². The molecule has 0 bridgehead atoms. The van der Waals surface area contributed by atoms with E-state index in [0.29, 0.717) is 12.0 Å². The quantitative estimate of drug-likeness (QED) is 0.608. The molecule has 0 spiro atoms. The fourth-order valence-electron chi connectivity index (χ4n) is 0.774. The SMILES string of the molecule is CC(O)CNCCC(C)(C)C. The fourth-order valence-corrected chi connectivity index (χ4v) is 0.774. The predicted octanol–water partition coefficient (Wildman–Crippen LogP) is 1.39. The highest BCUT2D eigenvalue weighted by Gasteiger charge is 2.08. The molecule has 2 nitrogen and oxygen atoms in total. The maximum absolute atomic E-state index is 8.92. The lowest BCUT2D eigenvalue weighted by Gasteiger charge is -2.18. The predicted molar refractivity (Wildman–Crippen MR) is 48.6 cm³/mol. The van der Waals surface area contributed by atoms with Crippen molar-refractivity contribution in [2.24, 2.45) is 5.41 Å². The Hall–Kier alpha value is -0.0800. The second kappa shape index (κ2) is 4.73. The van der Waals surface area contributed by atoms with Crippen molar-refractivity contribution in [1.82, 2.24) is 5.32 Å². The van der Waals surface area contributed by atoms with E-state index in [2.05, 4.69) is 26.1 Å². The standard InChI is InChI=1S/C9H21NO/c1-8(11)7-10-6-5-9(2,3)4/h8,10-11H,5-7H2,1-4H3. The topological polar surface area (TPSA) is 32.3 Å². The number of rotatable bonds is 4. The summed E-state index contributed by atoms with van der Waals surface area (Å²) in [4.78, 5) is 0. The molecule has 0 saturated heterocycles. The Morgan fingerprint density at radius 2 is 1.91 bits per heavy atom. The van der Waals surface area contributed by atoms with Gasteiger partial charge in [-0.2, -0.15) is 0 Å². The summed E-state index contributed by atoms with van der Waals surface area (Å²) < 4.78 is 0. The molecule has 1 atom stereocenters. The minimum atomic E-state index is -0.227. The lowest BCUT2D eigenvalue weighted by molar-refractivity contribution is 0.189. The molecule has 2 heteroatoms. The summed E-state index contributed by atoms with van der Waals surface area (Å²) in [6.45, 7) is 10.2.